The van der Waals surface area contributed by atoms with Crippen LogP contribution in [0.2, 0.25) is 5.02 Å². The summed E-state index contributed by atoms with van der Waals surface area (Å²) in [5.74, 6) is -0.703. The number of aromatic hydroxyl groups is 1. The van der Waals surface area contributed by atoms with Gasteiger partial charge in [0.25, 0.3) is 0 Å². The largest absolute Gasteiger partial charge is 0.507 e. The summed E-state index contributed by atoms with van der Waals surface area (Å²) in [5, 5.41) is 11.1. The highest BCUT2D eigenvalue weighted by molar-refractivity contribution is 6.31. The molecule has 0 bridgehead atoms. The minimum absolute atomic E-state index is 0.0411. The molecule has 0 spiro atoms. The van der Waals surface area contributed by atoms with Crippen LogP contribution in [0, 0.1) is 6.92 Å². The molecule has 0 amide bonds. The van der Waals surface area contributed by atoms with Gasteiger partial charge in [-0.25, -0.2) is 4.79 Å². The number of rotatable bonds is 2. The fourth-order valence-electron chi connectivity index (χ4n) is 2.37. The molecular weight excluding hydrogens is 304 g/mol. The van der Waals surface area contributed by atoms with Crippen molar-refractivity contribution in [3.63, 3.8) is 0 Å². The number of carbonyl (C=O) groups excluding carboxylic acids is 1. The van der Waals surface area contributed by atoms with Gasteiger partial charge in [0.2, 0.25) is 5.78 Å². The van der Waals surface area contributed by atoms with Gasteiger partial charge in [0.15, 0.2) is 5.58 Å². The first-order valence-electron chi connectivity index (χ1n) is 6.54. The number of phenols is 1. The molecule has 110 valence electrons. The summed E-state index contributed by atoms with van der Waals surface area (Å²) < 4.78 is 5.16. The van der Waals surface area contributed by atoms with Crippen molar-refractivity contribution in [3.05, 3.63) is 74.6 Å². The third-order valence-electron chi connectivity index (χ3n) is 3.41. The lowest BCUT2D eigenvalue weighted by Crippen LogP contribution is -2.06. The molecule has 4 nitrogen and oxygen atoms in total. The lowest BCUT2D eigenvalue weighted by molar-refractivity contribution is 0.103. The van der Waals surface area contributed by atoms with Crippen LogP contribution in [-0.2, 0) is 0 Å². The maximum atomic E-state index is 12.7. The molecule has 1 heterocycles. The number of aryl methyl sites for hydroxylation is 1. The van der Waals surface area contributed by atoms with E-state index in [2.05, 4.69) is 0 Å². The molecule has 3 aromatic rings. The number of hydrogen-bond acceptors (Lipinski definition) is 4. The Hall–Kier alpha value is -2.59. The van der Waals surface area contributed by atoms with E-state index in [0.29, 0.717) is 21.5 Å². The first-order chi connectivity index (χ1) is 10.5. The van der Waals surface area contributed by atoms with E-state index in [1.54, 1.807) is 31.2 Å². The van der Waals surface area contributed by atoms with E-state index in [4.69, 9.17) is 16.0 Å². The topological polar surface area (TPSA) is 67.5 Å². The van der Waals surface area contributed by atoms with Gasteiger partial charge in [0.05, 0.1) is 0 Å². The second kappa shape index (κ2) is 5.31. The van der Waals surface area contributed by atoms with E-state index >= 15 is 0 Å². The zero-order chi connectivity index (χ0) is 15.9. The molecule has 0 unspecified atom stereocenters. The maximum Gasteiger partial charge on any atom is 0.336 e. The number of ketones is 1. The van der Waals surface area contributed by atoms with Gasteiger partial charge >= 0.3 is 5.63 Å². The molecule has 3 rings (SSSR count). The fourth-order valence-corrected chi connectivity index (χ4v) is 2.56. The van der Waals surface area contributed by atoms with Crippen LogP contribution in [0.15, 0.2) is 51.7 Å². The lowest BCUT2D eigenvalue weighted by Gasteiger charge is -2.08. The number of carbonyl (C=O) groups is 1. The van der Waals surface area contributed by atoms with Crippen LogP contribution >= 0.6 is 11.6 Å². The van der Waals surface area contributed by atoms with E-state index in [9.17, 15) is 14.7 Å². The number of fused-ring (bicyclic) bond motifs is 1. The Morgan fingerprint density at radius 3 is 2.68 bits per heavy atom. The van der Waals surface area contributed by atoms with Gasteiger partial charge in [-0.1, -0.05) is 23.7 Å². The Labute approximate surface area is 130 Å². The van der Waals surface area contributed by atoms with Crippen LogP contribution in [0.4, 0.5) is 0 Å². The van der Waals surface area contributed by atoms with Crippen molar-refractivity contribution in [3.8, 4) is 5.75 Å². The molecule has 22 heavy (non-hydrogen) atoms. The molecule has 0 aliphatic heterocycles. The summed E-state index contributed by atoms with van der Waals surface area (Å²) in [5.41, 5.74) is 0.442. The Morgan fingerprint density at radius 2 is 1.95 bits per heavy atom. The summed E-state index contributed by atoms with van der Waals surface area (Å²) in [6.45, 7) is 1.74. The zero-order valence-electron chi connectivity index (χ0n) is 11.6. The van der Waals surface area contributed by atoms with Crippen molar-refractivity contribution in [1.29, 1.82) is 0 Å². The fraction of sp³-hybridized carbons (Fsp3) is 0.0588. The monoisotopic (exact) mass is 314 g/mol. The Balaban J connectivity index is 2.32. The van der Waals surface area contributed by atoms with Crippen LogP contribution in [0.3, 0.4) is 0 Å². The van der Waals surface area contributed by atoms with E-state index in [0.717, 1.165) is 0 Å². The zero-order valence-corrected chi connectivity index (χ0v) is 12.3. The minimum atomic E-state index is -0.573. The number of benzene rings is 2. The van der Waals surface area contributed by atoms with Crippen molar-refractivity contribution in [2.45, 2.75) is 6.92 Å². The van der Waals surface area contributed by atoms with Crippen LogP contribution in [-0.4, -0.2) is 10.9 Å². The van der Waals surface area contributed by atoms with Crippen molar-refractivity contribution < 1.29 is 14.3 Å². The Kier molecular flexibility index (Phi) is 3.47. The van der Waals surface area contributed by atoms with E-state index in [1.807, 2.05) is 0 Å². The SMILES string of the molecule is Cc1cc(=O)oc2c(C(=O)c3cccc(Cl)c3)c(O)ccc12. The van der Waals surface area contributed by atoms with Crippen molar-refractivity contribution in [2.24, 2.45) is 0 Å². The summed E-state index contributed by atoms with van der Waals surface area (Å²) >= 11 is 5.90. The quantitative estimate of drug-likeness (QED) is 0.578. The predicted octanol–water partition coefficient (Wildman–Crippen LogP) is 3.69. The summed E-state index contributed by atoms with van der Waals surface area (Å²) in [4.78, 5) is 24.3. The molecule has 0 atom stereocenters. The molecule has 1 N–H and O–H groups in total. The summed E-state index contributed by atoms with van der Waals surface area (Å²) in [6, 6.07) is 10.7. The molecular formula is C17H11ClO4. The highest BCUT2D eigenvalue weighted by atomic mass is 35.5. The molecule has 5 heteroatoms. The van der Waals surface area contributed by atoms with E-state index in [-0.39, 0.29) is 16.9 Å². The maximum absolute atomic E-state index is 12.7. The molecule has 0 aliphatic rings. The highest BCUT2D eigenvalue weighted by Crippen LogP contribution is 2.30. The van der Waals surface area contributed by atoms with Gasteiger partial charge in [-0.3, -0.25) is 4.79 Å². The molecule has 0 saturated carbocycles. The van der Waals surface area contributed by atoms with Gasteiger partial charge in [-0.2, -0.15) is 0 Å². The standard InChI is InChI=1S/C17H11ClO4/c1-9-7-14(20)22-17-12(9)5-6-13(19)15(17)16(21)10-3-2-4-11(18)8-10/h2-8,19H,1H3. The van der Waals surface area contributed by atoms with E-state index < -0.39 is 11.4 Å². The third-order valence-corrected chi connectivity index (χ3v) is 3.65. The van der Waals surface area contributed by atoms with Crippen LogP contribution in [0.5, 0.6) is 5.75 Å². The van der Waals surface area contributed by atoms with Crippen molar-refractivity contribution in [1.82, 2.24) is 0 Å². The summed E-state index contributed by atoms with van der Waals surface area (Å²) in [6.07, 6.45) is 0. The highest BCUT2D eigenvalue weighted by Gasteiger charge is 2.20. The predicted molar refractivity (Wildman–Crippen MR) is 83.8 cm³/mol. The molecule has 0 radical (unpaired) electrons. The van der Waals surface area contributed by atoms with Crippen LogP contribution in [0.1, 0.15) is 21.5 Å². The van der Waals surface area contributed by atoms with Crippen LogP contribution in [0.25, 0.3) is 11.0 Å². The van der Waals surface area contributed by atoms with Crippen molar-refractivity contribution >= 4 is 28.4 Å². The number of halogens is 1. The number of hydrogen-bond donors (Lipinski definition) is 1. The van der Waals surface area contributed by atoms with E-state index in [1.165, 1.54) is 18.2 Å². The molecule has 0 fully saturated rings. The van der Waals surface area contributed by atoms with Gasteiger partial charge in [0, 0.05) is 22.0 Å². The smallest absolute Gasteiger partial charge is 0.336 e. The Morgan fingerprint density at radius 1 is 1.18 bits per heavy atom. The molecule has 1 aromatic heterocycles. The number of phenolic OH excluding ortho intramolecular Hbond substituents is 1. The summed E-state index contributed by atoms with van der Waals surface area (Å²) in [7, 11) is 0. The molecule has 0 aliphatic carbocycles. The average molecular weight is 315 g/mol. The third kappa shape index (κ3) is 2.38. The minimum Gasteiger partial charge on any atom is -0.507 e. The normalized spacial score (nSPS) is 10.8. The first-order valence-corrected chi connectivity index (χ1v) is 6.92. The Bertz CT molecular complexity index is 957. The van der Waals surface area contributed by atoms with Gasteiger partial charge in [0.1, 0.15) is 11.3 Å². The van der Waals surface area contributed by atoms with Gasteiger partial charge < -0.3 is 9.52 Å². The second-order valence-corrected chi connectivity index (χ2v) is 5.36. The van der Waals surface area contributed by atoms with Crippen molar-refractivity contribution in [2.75, 3.05) is 0 Å². The first kappa shape index (κ1) is 14.4. The van der Waals surface area contributed by atoms with Crippen LogP contribution < -0.4 is 5.63 Å². The van der Waals surface area contributed by atoms with Gasteiger partial charge in [-0.15, -0.1) is 0 Å². The second-order valence-electron chi connectivity index (χ2n) is 4.92. The molecule has 2 aromatic carbocycles. The average Bonchev–Trinajstić information content (AvgIpc) is 2.46. The lowest BCUT2D eigenvalue weighted by atomic mass is 9.99. The molecule has 0 saturated heterocycles. The van der Waals surface area contributed by atoms with Gasteiger partial charge in [-0.05, 0) is 36.8 Å².